The first-order chi connectivity index (χ1) is 14.9. The van der Waals surface area contributed by atoms with E-state index in [9.17, 15) is 9.59 Å². The lowest BCUT2D eigenvalue weighted by atomic mass is 10.1. The van der Waals surface area contributed by atoms with E-state index in [0.29, 0.717) is 28.7 Å². The fraction of sp³-hybridized carbons (Fsp3) is 0.174. The van der Waals surface area contributed by atoms with E-state index in [1.54, 1.807) is 24.3 Å². The quantitative estimate of drug-likeness (QED) is 0.280. The van der Waals surface area contributed by atoms with Gasteiger partial charge in [-0.3, -0.25) is 19.8 Å². The van der Waals surface area contributed by atoms with E-state index >= 15 is 0 Å². The molecule has 2 aromatic carbocycles. The molecule has 2 amide bonds. The van der Waals surface area contributed by atoms with Gasteiger partial charge in [-0.2, -0.15) is 0 Å². The molecule has 31 heavy (non-hydrogen) atoms. The van der Waals surface area contributed by atoms with Crippen molar-refractivity contribution in [1.82, 2.24) is 10.2 Å². The largest absolute Gasteiger partial charge is 0.490 e. The average Bonchev–Trinajstić information content (AvgIpc) is 2.75. The normalized spacial score (nSPS) is 15.1. The predicted octanol–water partition coefficient (Wildman–Crippen LogP) is 4.13. The Kier molecular flexibility index (Phi) is 7.44. The Hall–Kier alpha value is -3.16. The lowest BCUT2D eigenvalue weighted by molar-refractivity contribution is -0.128. The van der Waals surface area contributed by atoms with Gasteiger partial charge in [0.2, 0.25) is 0 Å². The summed E-state index contributed by atoms with van der Waals surface area (Å²) in [4.78, 5) is 26.3. The maximum atomic E-state index is 12.7. The monoisotopic (exact) mass is 456 g/mol. The summed E-state index contributed by atoms with van der Waals surface area (Å²) in [6.07, 6.45) is 3.04. The second-order valence-corrected chi connectivity index (χ2v) is 7.33. The number of hydrogen-bond donors (Lipinski definition) is 1. The Bertz CT molecular complexity index is 1070. The van der Waals surface area contributed by atoms with Gasteiger partial charge < -0.3 is 9.47 Å². The molecule has 3 rings (SSSR count). The van der Waals surface area contributed by atoms with Gasteiger partial charge in [0.1, 0.15) is 12.2 Å². The van der Waals surface area contributed by atoms with Gasteiger partial charge in [-0.1, -0.05) is 41.9 Å². The minimum absolute atomic E-state index is 0.0253. The smallest absolute Gasteiger partial charge is 0.265 e. The highest BCUT2D eigenvalue weighted by molar-refractivity contribution is 7.80. The maximum Gasteiger partial charge on any atom is 0.265 e. The van der Waals surface area contributed by atoms with Crippen LogP contribution < -0.4 is 14.8 Å². The highest BCUT2D eigenvalue weighted by Gasteiger charge is 2.32. The van der Waals surface area contributed by atoms with Crippen LogP contribution in [-0.2, 0) is 16.2 Å². The number of ether oxygens (including phenoxy) is 2. The number of carbonyl (C=O) groups is 2. The molecule has 0 bridgehead atoms. The number of nitrogens with zero attached hydrogens (tertiary/aromatic N) is 1. The van der Waals surface area contributed by atoms with Crippen LogP contribution in [0.5, 0.6) is 11.5 Å². The number of amides is 2. The molecule has 0 spiro atoms. The fourth-order valence-corrected chi connectivity index (χ4v) is 3.37. The number of thiocarbonyl (C=S) groups is 1. The van der Waals surface area contributed by atoms with Crippen molar-refractivity contribution in [2.45, 2.75) is 13.5 Å². The standard InChI is InChI=1S/C23H21ClN2O4S/c1-3-11-26-22(28)17(21(27)25-23(26)31)12-15-9-10-19(20(13-15)29-4-2)30-14-16-7-5-6-8-18(16)24/h3,5-10,12-13H,1,4,11,14H2,2H3,(H,25,27,31)/b17-12+. The van der Waals surface area contributed by atoms with E-state index in [4.69, 9.17) is 33.3 Å². The molecule has 0 unspecified atom stereocenters. The molecule has 0 aliphatic carbocycles. The van der Waals surface area contributed by atoms with Gasteiger partial charge in [-0.05, 0) is 49.0 Å². The number of hydrogen-bond acceptors (Lipinski definition) is 5. The molecule has 6 nitrogen and oxygen atoms in total. The lowest BCUT2D eigenvalue weighted by Gasteiger charge is -2.27. The van der Waals surface area contributed by atoms with Gasteiger partial charge in [0.25, 0.3) is 11.8 Å². The maximum absolute atomic E-state index is 12.7. The van der Waals surface area contributed by atoms with Crippen LogP contribution in [0.2, 0.25) is 5.02 Å². The van der Waals surface area contributed by atoms with Crippen molar-refractivity contribution in [3.8, 4) is 11.5 Å². The Morgan fingerprint density at radius 2 is 1.94 bits per heavy atom. The molecular weight excluding hydrogens is 436 g/mol. The Balaban J connectivity index is 1.86. The molecule has 1 N–H and O–H groups in total. The third-order valence-corrected chi connectivity index (χ3v) is 5.11. The highest BCUT2D eigenvalue weighted by atomic mass is 35.5. The summed E-state index contributed by atoms with van der Waals surface area (Å²) in [5.74, 6) is -0.0122. The van der Waals surface area contributed by atoms with Crippen molar-refractivity contribution in [3.05, 3.63) is 76.8 Å². The minimum Gasteiger partial charge on any atom is -0.490 e. The summed E-state index contributed by atoms with van der Waals surface area (Å²) in [7, 11) is 0. The molecule has 160 valence electrons. The Labute approximate surface area is 191 Å². The molecular formula is C23H21ClN2O4S. The van der Waals surface area contributed by atoms with Crippen LogP contribution >= 0.6 is 23.8 Å². The third kappa shape index (κ3) is 5.31. The Morgan fingerprint density at radius 1 is 1.16 bits per heavy atom. The first-order valence-corrected chi connectivity index (χ1v) is 10.4. The number of halogens is 1. The van der Waals surface area contributed by atoms with Crippen molar-refractivity contribution in [2.75, 3.05) is 13.2 Å². The minimum atomic E-state index is -0.549. The summed E-state index contributed by atoms with van der Waals surface area (Å²) >= 11 is 11.3. The van der Waals surface area contributed by atoms with Crippen LogP contribution in [0.25, 0.3) is 6.08 Å². The molecule has 1 heterocycles. The summed E-state index contributed by atoms with van der Waals surface area (Å²) in [6, 6.07) is 12.6. The van der Waals surface area contributed by atoms with E-state index in [-0.39, 0.29) is 23.8 Å². The first-order valence-electron chi connectivity index (χ1n) is 9.57. The third-order valence-electron chi connectivity index (χ3n) is 4.42. The molecule has 1 saturated heterocycles. The molecule has 1 aliphatic heterocycles. The zero-order valence-corrected chi connectivity index (χ0v) is 18.5. The first kappa shape index (κ1) is 22.5. The van der Waals surface area contributed by atoms with Crippen molar-refractivity contribution >= 4 is 46.8 Å². The molecule has 1 fully saturated rings. The van der Waals surface area contributed by atoms with Gasteiger partial charge in [-0.15, -0.1) is 6.58 Å². The predicted molar refractivity (Wildman–Crippen MR) is 124 cm³/mol. The number of carbonyl (C=O) groups excluding carboxylic acids is 2. The zero-order valence-electron chi connectivity index (χ0n) is 16.9. The average molecular weight is 457 g/mol. The second-order valence-electron chi connectivity index (χ2n) is 6.54. The Morgan fingerprint density at radius 3 is 2.65 bits per heavy atom. The van der Waals surface area contributed by atoms with Crippen LogP contribution in [0.3, 0.4) is 0 Å². The molecule has 1 aliphatic rings. The fourth-order valence-electron chi connectivity index (χ4n) is 2.93. The zero-order chi connectivity index (χ0) is 22.4. The number of rotatable bonds is 8. The van der Waals surface area contributed by atoms with Crippen molar-refractivity contribution in [3.63, 3.8) is 0 Å². The van der Waals surface area contributed by atoms with E-state index in [1.807, 2.05) is 25.1 Å². The van der Waals surface area contributed by atoms with Crippen molar-refractivity contribution in [2.24, 2.45) is 0 Å². The molecule has 0 aromatic heterocycles. The van der Waals surface area contributed by atoms with Crippen LogP contribution in [0.15, 0.2) is 60.7 Å². The van der Waals surface area contributed by atoms with Crippen molar-refractivity contribution in [1.29, 1.82) is 0 Å². The number of benzene rings is 2. The summed E-state index contributed by atoms with van der Waals surface area (Å²) in [5.41, 5.74) is 1.43. The molecule has 0 atom stereocenters. The van der Waals surface area contributed by atoms with Gasteiger partial charge in [0.15, 0.2) is 16.6 Å². The van der Waals surface area contributed by atoms with Gasteiger partial charge in [0.05, 0.1) is 6.61 Å². The summed E-state index contributed by atoms with van der Waals surface area (Å²) in [5, 5.41) is 3.20. The van der Waals surface area contributed by atoms with E-state index < -0.39 is 11.8 Å². The molecule has 0 saturated carbocycles. The van der Waals surface area contributed by atoms with Gasteiger partial charge in [0, 0.05) is 17.1 Å². The van der Waals surface area contributed by atoms with Crippen LogP contribution in [0.1, 0.15) is 18.1 Å². The van der Waals surface area contributed by atoms with Crippen LogP contribution in [0.4, 0.5) is 0 Å². The van der Waals surface area contributed by atoms with Crippen LogP contribution in [-0.4, -0.2) is 35.0 Å². The topological polar surface area (TPSA) is 67.9 Å². The van der Waals surface area contributed by atoms with Crippen LogP contribution in [0, 0.1) is 0 Å². The van der Waals surface area contributed by atoms with E-state index in [0.717, 1.165) is 5.56 Å². The SMILES string of the molecule is C=CCN1C(=O)/C(=C/c2ccc(OCc3ccccc3Cl)c(OCC)c2)C(=O)NC1=S. The van der Waals surface area contributed by atoms with E-state index in [1.165, 1.54) is 17.1 Å². The second kappa shape index (κ2) is 10.2. The molecule has 8 heteroatoms. The van der Waals surface area contributed by atoms with E-state index in [2.05, 4.69) is 11.9 Å². The van der Waals surface area contributed by atoms with Gasteiger partial charge in [-0.25, -0.2) is 0 Å². The lowest BCUT2D eigenvalue weighted by Crippen LogP contribution is -2.53. The highest BCUT2D eigenvalue weighted by Crippen LogP contribution is 2.31. The summed E-state index contributed by atoms with van der Waals surface area (Å²) < 4.78 is 11.6. The van der Waals surface area contributed by atoms with Gasteiger partial charge >= 0.3 is 0 Å². The summed E-state index contributed by atoms with van der Waals surface area (Å²) in [6.45, 7) is 6.37. The van der Waals surface area contributed by atoms with Crippen molar-refractivity contribution < 1.29 is 19.1 Å². The molecule has 2 aromatic rings. The molecule has 0 radical (unpaired) electrons. The number of nitrogens with one attached hydrogen (secondary N) is 1.